The van der Waals surface area contributed by atoms with E-state index in [0.717, 1.165) is 30.2 Å². The molecule has 1 aromatic heterocycles. The second kappa shape index (κ2) is 6.07. The van der Waals surface area contributed by atoms with Crippen molar-refractivity contribution in [3.05, 3.63) is 23.2 Å². The largest absolute Gasteiger partial charge is 0.463 e. The lowest BCUT2D eigenvalue weighted by atomic mass is 10.2. The molecule has 0 aliphatic carbocycles. The fraction of sp³-hybridized carbons (Fsp3) is 0.692. The molecule has 1 saturated heterocycles. The summed E-state index contributed by atoms with van der Waals surface area (Å²) in [6, 6.07) is 2.05. The average Bonchev–Trinajstić information content (AvgIpc) is 2.57. The molecule has 19 heavy (non-hydrogen) atoms. The Morgan fingerprint density at radius 2 is 2.16 bits per heavy atom. The van der Waals surface area contributed by atoms with Crippen LogP contribution in [0.4, 0.5) is 0 Å². The zero-order valence-corrected chi connectivity index (χ0v) is 12.4. The molecule has 1 fully saturated rings. The highest BCUT2D eigenvalue weighted by Crippen LogP contribution is 2.17. The van der Waals surface area contributed by atoms with Crippen LogP contribution in [0.2, 0.25) is 0 Å². The van der Waals surface area contributed by atoms with Crippen molar-refractivity contribution in [2.45, 2.75) is 26.4 Å². The number of sulfone groups is 1. The summed E-state index contributed by atoms with van der Waals surface area (Å²) in [5.74, 6) is 2.45. The van der Waals surface area contributed by atoms with Crippen molar-refractivity contribution in [1.82, 2.24) is 10.2 Å². The van der Waals surface area contributed by atoms with Crippen molar-refractivity contribution >= 4 is 9.84 Å². The summed E-state index contributed by atoms with van der Waals surface area (Å²) in [6.45, 7) is 4.87. The quantitative estimate of drug-likeness (QED) is 0.892. The Hall–Kier alpha value is -0.850. The first-order chi connectivity index (χ1) is 9.00. The molecule has 0 unspecified atom stereocenters. The molecule has 2 heterocycles. The van der Waals surface area contributed by atoms with Crippen LogP contribution in [0.5, 0.6) is 0 Å². The Bertz CT molecular complexity index is 522. The third kappa shape index (κ3) is 4.06. The molecule has 0 aromatic carbocycles. The summed E-state index contributed by atoms with van der Waals surface area (Å²) in [5, 5.41) is 3.08. The van der Waals surface area contributed by atoms with Crippen LogP contribution in [-0.4, -0.2) is 45.0 Å². The third-order valence-corrected chi connectivity index (χ3v) is 5.15. The summed E-state index contributed by atoms with van der Waals surface area (Å²) >= 11 is 0. The smallest absolute Gasteiger partial charge is 0.151 e. The van der Waals surface area contributed by atoms with Gasteiger partial charge in [0.15, 0.2) is 9.84 Å². The van der Waals surface area contributed by atoms with Crippen LogP contribution in [0.15, 0.2) is 10.5 Å². The van der Waals surface area contributed by atoms with Gasteiger partial charge in [-0.15, -0.1) is 0 Å². The molecule has 1 aromatic rings. The third-order valence-electron chi connectivity index (χ3n) is 3.44. The van der Waals surface area contributed by atoms with Crippen molar-refractivity contribution in [2.24, 2.45) is 0 Å². The summed E-state index contributed by atoms with van der Waals surface area (Å²) in [6.07, 6.45) is 0.714. The van der Waals surface area contributed by atoms with Gasteiger partial charge >= 0.3 is 0 Å². The molecule has 0 bridgehead atoms. The first kappa shape index (κ1) is 14.6. The molecule has 0 atom stereocenters. The van der Waals surface area contributed by atoms with Crippen molar-refractivity contribution in [2.75, 3.05) is 31.6 Å². The fourth-order valence-electron chi connectivity index (χ4n) is 2.37. The van der Waals surface area contributed by atoms with Gasteiger partial charge in [-0.25, -0.2) is 8.42 Å². The minimum Gasteiger partial charge on any atom is -0.463 e. The lowest BCUT2D eigenvalue weighted by Gasteiger charge is -2.17. The number of nitrogens with zero attached hydrogens (tertiary/aromatic N) is 1. The molecule has 2 rings (SSSR count). The maximum absolute atomic E-state index is 11.6. The molecule has 108 valence electrons. The highest BCUT2D eigenvalue weighted by Gasteiger charge is 2.20. The number of nitrogens with one attached hydrogen (secondary N) is 1. The Morgan fingerprint density at radius 3 is 2.89 bits per heavy atom. The molecule has 0 saturated carbocycles. The van der Waals surface area contributed by atoms with E-state index in [1.165, 1.54) is 0 Å². The lowest BCUT2D eigenvalue weighted by Crippen LogP contribution is -2.26. The average molecular weight is 286 g/mol. The highest BCUT2D eigenvalue weighted by molar-refractivity contribution is 7.91. The number of hydrogen-bond donors (Lipinski definition) is 1. The molecule has 0 amide bonds. The molecule has 0 radical (unpaired) electrons. The van der Waals surface area contributed by atoms with Crippen molar-refractivity contribution < 1.29 is 12.8 Å². The van der Waals surface area contributed by atoms with E-state index in [9.17, 15) is 8.42 Å². The summed E-state index contributed by atoms with van der Waals surface area (Å²) in [4.78, 5) is 2.16. The maximum atomic E-state index is 11.6. The van der Waals surface area contributed by atoms with Gasteiger partial charge in [-0.1, -0.05) is 0 Å². The van der Waals surface area contributed by atoms with E-state index in [-0.39, 0.29) is 5.75 Å². The van der Waals surface area contributed by atoms with Crippen LogP contribution in [0.1, 0.15) is 23.5 Å². The van der Waals surface area contributed by atoms with Gasteiger partial charge in [0, 0.05) is 6.54 Å². The van der Waals surface area contributed by atoms with E-state index < -0.39 is 9.84 Å². The van der Waals surface area contributed by atoms with E-state index in [4.69, 9.17) is 4.42 Å². The number of aryl methyl sites for hydroxylation is 1. The Morgan fingerprint density at radius 1 is 1.37 bits per heavy atom. The molecule has 5 nitrogen and oxygen atoms in total. The zero-order valence-electron chi connectivity index (χ0n) is 11.6. The SMILES string of the molecule is CNCc1oc(CN2CCCS(=O)(=O)CC2)cc1C. The summed E-state index contributed by atoms with van der Waals surface area (Å²) in [5.41, 5.74) is 1.15. The van der Waals surface area contributed by atoms with Crippen LogP contribution in [-0.2, 0) is 22.9 Å². The van der Waals surface area contributed by atoms with Crippen LogP contribution in [0.3, 0.4) is 0 Å². The molecule has 1 aliphatic heterocycles. The first-order valence-corrected chi connectivity index (χ1v) is 8.48. The first-order valence-electron chi connectivity index (χ1n) is 6.66. The van der Waals surface area contributed by atoms with Crippen LogP contribution in [0, 0.1) is 6.92 Å². The normalized spacial score (nSPS) is 20.3. The van der Waals surface area contributed by atoms with Gasteiger partial charge in [0.25, 0.3) is 0 Å². The maximum Gasteiger partial charge on any atom is 0.151 e. The standard InChI is InChI=1S/C13H22N2O3S/c1-11-8-12(18-13(11)9-14-2)10-15-4-3-6-19(16,17)7-5-15/h8,14H,3-7,9-10H2,1-2H3. The second-order valence-corrected chi connectivity index (χ2v) is 7.43. The van der Waals surface area contributed by atoms with Crippen LogP contribution < -0.4 is 5.32 Å². The fourth-order valence-corrected chi connectivity index (χ4v) is 3.68. The molecular formula is C13H22N2O3S. The Kier molecular flexibility index (Phi) is 4.65. The van der Waals surface area contributed by atoms with Crippen molar-refractivity contribution in [1.29, 1.82) is 0 Å². The van der Waals surface area contributed by atoms with Gasteiger partial charge in [0.05, 0.1) is 24.6 Å². The summed E-state index contributed by atoms with van der Waals surface area (Å²) in [7, 11) is -0.948. The van der Waals surface area contributed by atoms with Gasteiger partial charge in [-0.2, -0.15) is 0 Å². The van der Waals surface area contributed by atoms with E-state index in [1.54, 1.807) is 0 Å². The summed E-state index contributed by atoms with van der Waals surface area (Å²) < 4.78 is 28.9. The zero-order chi connectivity index (χ0) is 13.9. The molecule has 0 spiro atoms. The van der Waals surface area contributed by atoms with Gasteiger partial charge in [-0.05, 0) is 38.6 Å². The molecule has 1 aliphatic rings. The van der Waals surface area contributed by atoms with Gasteiger partial charge in [-0.3, -0.25) is 4.90 Å². The highest BCUT2D eigenvalue weighted by atomic mass is 32.2. The van der Waals surface area contributed by atoms with Crippen LogP contribution >= 0.6 is 0 Å². The van der Waals surface area contributed by atoms with E-state index in [1.807, 2.05) is 20.0 Å². The number of furan rings is 1. The second-order valence-electron chi connectivity index (χ2n) is 5.13. The van der Waals surface area contributed by atoms with Crippen molar-refractivity contribution in [3.8, 4) is 0 Å². The Balaban J connectivity index is 1.99. The van der Waals surface area contributed by atoms with Crippen LogP contribution in [0.25, 0.3) is 0 Å². The predicted molar refractivity (Wildman–Crippen MR) is 74.8 cm³/mol. The van der Waals surface area contributed by atoms with E-state index >= 15 is 0 Å². The lowest BCUT2D eigenvalue weighted by molar-refractivity contribution is 0.258. The van der Waals surface area contributed by atoms with Gasteiger partial charge in [0.1, 0.15) is 11.5 Å². The van der Waals surface area contributed by atoms with Gasteiger partial charge < -0.3 is 9.73 Å². The number of hydrogen-bond acceptors (Lipinski definition) is 5. The molecular weight excluding hydrogens is 264 g/mol. The molecule has 6 heteroatoms. The van der Waals surface area contributed by atoms with E-state index in [2.05, 4.69) is 10.2 Å². The minimum atomic E-state index is -2.84. The van der Waals surface area contributed by atoms with Gasteiger partial charge in [0.2, 0.25) is 0 Å². The Labute approximate surface area is 114 Å². The number of rotatable bonds is 4. The molecule has 1 N–H and O–H groups in total. The van der Waals surface area contributed by atoms with Crippen molar-refractivity contribution in [3.63, 3.8) is 0 Å². The van der Waals surface area contributed by atoms with E-state index in [0.29, 0.717) is 25.3 Å². The topological polar surface area (TPSA) is 62.6 Å². The minimum absolute atomic E-state index is 0.260. The predicted octanol–water partition coefficient (Wildman–Crippen LogP) is 0.928. The monoisotopic (exact) mass is 286 g/mol.